The SMILES string of the molecule is COc1ccc([C@H](C)NS(=O)(=O)c2ccc3c(c2)oc(=O)n3C)cc1. The fraction of sp³-hybridized carbons (Fsp3) is 0.235. The summed E-state index contributed by atoms with van der Waals surface area (Å²) in [5.74, 6) is 0.160. The largest absolute Gasteiger partial charge is 0.497 e. The van der Waals surface area contributed by atoms with Crippen molar-refractivity contribution in [2.75, 3.05) is 7.11 Å². The van der Waals surface area contributed by atoms with Gasteiger partial charge < -0.3 is 9.15 Å². The van der Waals surface area contributed by atoms with Crippen LogP contribution in [0.5, 0.6) is 5.75 Å². The highest BCUT2D eigenvalue weighted by Crippen LogP contribution is 2.22. The third-order valence-electron chi connectivity index (χ3n) is 4.02. The van der Waals surface area contributed by atoms with Crippen molar-refractivity contribution in [2.45, 2.75) is 17.9 Å². The zero-order valence-corrected chi connectivity index (χ0v) is 14.8. The lowest BCUT2D eigenvalue weighted by molar-refractivity contribution is 0.414. The van der Waals surface area contributed by atoms with Gasteiger partial charge in [0.15, 0.2) is 5.58 Å². The van der Waals surface area contributed by atoms with Crippen LogP contribution in [0.1, 0.15) is 18.5 Å². The molecule has 1 N–H and O–H groups in total. The van der Waals surface area contributed by atoms with E-state index < -0.39 is 21.8 Å². The van der Waals surface area contributed by atoms with Gasteiger partial charge in [-0.25, -0.2) is 17.9 Å². The molecule has 132 valence electrons. The second-order valence-corrected chi connectivity index (χ2v) is 7.39. The first-order valence-electron chi connectivity index (χ1n) is 7.57. The maximum absolute atomic E-state index is 12.6. The van der Waals surface area contributed by atoms with E-state index in [1.54, 1.807) is 51.4 Å². The van der Waals surface area contributed by atoms with Crippen molar-refractivity contribution in [3.05, 3.63) is 58.6 Å². The predicted octanol–water partition coefficient (Wildman–Crippen LogP) is 2.18. The molecule has 8 heteroatoms. The molecular weight excluding hydrogens is 344 g/mol. The number of aromatic nitrogens is 1. The van der Waals surface area contributed by atoms with Crippen LogP contribution in [0, 0.1) is 0 Å². The van der Waals surface area contributed by atoms with E-state index in [4.69, 9.17) is 9.15 Å². The summed E-state index contributed by atoms with van der Waals surface area (Å²) in [7, 11) is -0.640. The summed E-state index contributed by atoms with van der Waals surface area (Å²) in [6, 6.07) is 11.0. The minimum Gasteiger partial charge on any atom is -0.497 e. The molecule has 0 spiro atoms. The summed E-state index contributed by atoms with van der Waals surface area (Å²) in [5, 5.41) is 0. The normalized spacial score (nSPS) is 13.1. The molecule has 1 aromatic heterocycles. The van der Waals surface area contributed by atoms with Crippen LogP contribution in [0.2, 0.25) is 0 Å². The molecule has 1 atom stereocenters. The molecule has 0 radical (unpaired) electrons. The highest BCUT2D eigenvalue weighted by atomic mass is 32.2. The number of fused-ring (bicyclic) bond motifs is 1. The molecule has 0 aliphatic rings. The quantitative estimate of drug-likeness (QED) is 0.751. The van der Waals surface area contributed by atoms with Gasteiger partial charge in [-0.05, 0) is 36.8 Å². The summed E-state index contributed by atoms with van der Waals surface area (Å²) >= 11 is 0. The van der Waals surface area contributed by atoms with Gasteiger partial charge in [0, 0.05) is 19.2 Å². The zero-order valence-electron chi connectivity index (χ0n) is 14.0. The molecule has 0 saturated carbocycles. The Bertz CT molecular complexity index is 1060. The van der Waals surface area contributed by atoms with Gasteiger partial charge in [-0.15, -0.1) is 0 Å². The van der Waals surface area contributed by atoms with Crippen LogP contribution in [0.15, 0.2) is 56.6 Å². The van der Waals surface area contributed by atoms with Gasteiger partial charge in [0.25, 0.3) is 0 Å². The molecule has 0 aliphatic heterocycles. The second-order valence-electron chi connectivity index (χ2n) is 5.67. The molecule has 25 heavy (non-hydrogen) atoms. The van der Waals surface area contributed by atoms with Gasteiger partial charge in [0.05, 0.1) is 17.5 Å². The molecule has 3 aromatic rings. The van der Waals surface area contributed by atoms with E-state index in [0.717, 1.165) is 5.56 Å². The molecule has 2 aromatic carbocycles. The first kappa shape index (κ1) is 17.2. The van der Waals surface area contributed by atoms with Crippen LogP contribution >= 0.6 is 0 Å². The summed E-state index contributed by atoms with van der Waals surface area (Å²) in [5.41, 5.74) is 1.57. The molecule has 1 heterocycles. The number of ether oxygens (including phenoxy) is 1. The Labute approximate surface area is 144 Å². The molecule has 3 rings (SSSR count). The molecule has 0 bridgehead atoms. The van der Waals surface area contributed by atoms with Crippen LogP contribution in [0.25, 0.3) is 11.1 Å². The summed E-state index contributed by atoms with van der Waals surface area (Å²) in [6.07, 6.45) is 0. The number of hydrogen-bond acceptors (Lipinski definition) is 5. The Kier molecular flexibility index (Phi) is 4.40. The monoisotopic (exact) mass is 362 g/mol. The van der Waals surface area contributed by atoms with Gasteiger partial charge in [-0.1, -0.05) is 12.1 Å². The van der Waals surface area contributed by atoms with Crippen LogP contribution in [-0.4, -0.2) is 20.1 Å². The fourth-order valence-electron chi connectivity index (χ4n) is 2.54. The highest BCUT2D eigenvalue weighted by Gasteiger charge is 2.20. The van der Waals surface area contributed by atoms with E-state index in [0.29, 0.717) is 11.3 Å². The standard InChI is InChI=1S/C17H18N2O5S/c1-11(12-4-6-13(23-3)7-5-12)18-25(21,22)14-8-9-15-16(10-14)24-17(20)19(15)2/h4-11,18H,1-3H3/t11-/m0/s1. The lowest BCUT2D eigenvalue weighted by atomic mass is 10.1. The Hall–Kier alpha value is -2.58. The minimum absolute atomic E-state index is 0.0368. The molecule has 0 unspecified atom stereocenters. The number of benzene rings is 2. The maximum atomic E-state index is 12.6. The smallest absolute Gasteiger partial charge is 0.419 e. The van der Waals surface area contributed by atoms with E-state index in [2.05, 4.69) is 4.72 Å². The number of aryl methyl sites for hydroxylation is 1. The molecular formula is C17H18N2O5S. The van der Waals surface area contributed by atoms with Crippen LogP contribution < -0.4 is 15.2 Å². The van der Waals surface area contributed by atoms with Crippen molar-refractivity contribution in [1.82, 2.24) is 9.29 Å². The van der Waals surface area contributed by atoms with Crippen molar-refractivity contribution in [2.24, 2.45) is 7.05 Å². The van der Waals surface area contributed by atoms with E-state index in [-0.39, 0.29) is 10.5 Å². The zero-order chi connectivity index (χ0) is 18.2. The molecule has 0 aliphatic carbocycles. The Morgan fingerprint density at radius 1 is 1.16 bits per heavy atom. The lowest BCUT2D eigenvalue weighted by Gasteiger charge is -2.15. The molecule has 0 amide bonds. The number of rotatable bonds is 5. The van der Waals surface area contributed by atoms with Gasteiger partial charge in [-0.3, -0.25) is 4.57 Å². The third-order valence-corrected chi connectivity index (χ3v) is 5.56. The van der Waals surface area contributed by atoms with E-state index >= 15 is 0 Å². The summed E-state index contributed by atoms with van der Waals surface area (Å²) < 4.78 is 39.3. The van der Waals surface area contributed by atoms with E-state index in [9.17, 15) is 13.2 Å². The highest BCUT2D eigenvalue weighted by molar-refractivity contribution is 7.89. The fourth-order valence-corrected chi connectivity index (χ4v) is 3.79. The van der Waals surface area contributed by atoms with Crippen LogP contribution in [0.3, 0.4) is 0 Å². The summed E-state index contributed by atoms with van der Waals surface area (Å²) in [4.78, 5) is 11.6. The maximum Gasteiger partial charge on any atom is 0.419 e. The average Bonchev–Trinajstić information content (AvgIpc) is 2.88. The van der Waals surface area contributed by atoms with Gasteiger partial charge in [0.2, 0.25) is 10.0 Å². The Balaban J connectivity index is 1.89. The molecule has 7 nitrogen and oxygen atoms in total. The second kappa shape index (κ2) is 6.38. The van der Waals surface area contributed by atoms with Crippen molar-refractivity contribution in [1.29, 1.82) is 0 Å². The van der Waals surface area contributed by atoms with E-state index in [1.807, 2.05) is 0 Å². The lowest BCUT2D eigenvalue weighted by Crippen LogP contribution is -2.26. The Morgan fingerprint density at radius 2 is 1.84 bits per heavy atom. The van der Waals surface area contributed by atoms with E-state index in [1.165, 1.54) is 16.7 Å². The number of sulfonamides is 1. The van der Waals surface area contributed by atoms with Crippen molar-refractivity contribution in [3.63, 3.8) is 0 Å². The van der Waals surface area contributed by atoms with Crippen LogP contribution in [0.4, 0.5) is 0 Å². The van der Waals surface area contributed by atoms with Crippen LogP contribution in [-0.2, 0) is 17.1 Å². The predicted molar refractivity (Wildman–Crippen MR) is 93.2 cm³/mol. The third kappa shape index (κ3) is 3.31. The number of oxazole rings is 1. The minimum atomic E-state index is -3.77. The van der Waals surface area contributed by atoms with Crippen molar-refractivity contribution in [3.8, 4) is 5.75 Å². The topological polar surface area (TPSA) is 90.5 Å². The number of nitrogens with one attached hydrogen (secondary N) is 1. The van der Waals surface area contributed by atoms with Gasteiger partial charge >= 0.3 is 5.76 Å². The average molecular weight is 362 g/mol. The first-order valence-corrected chi connectivity index (χ1v) is 9.06. The van der Waals surface area contributed by atoms with Gasteiger partial charge in [-0.2, -0.15) is 0 Å². The van der Waals surface area contributed by atoms with Crippen molar-refractivity contribution >= 4 is 21.1 Å². The number of hydrogen-bond donors (Lipinski definition) is 1. The summed E-state index contributed by atoms with van der Waals surface area (Å²) in [6.45, 7) is 1.75. The first-order chi connectivity index (χ1) is 11.8. The number of methoxy groups -OCH3 is 1. The Morgan fingerprint density at radius 3 is 2.48 bits per heavy atom. The van der Waals surface area contributed by atoms with Crippen molar-refractivity contribution < 1.29 is 17.6 Å². The van der Waals surface area contributed by atoms with Gasteiger partial charge in [0.1, 0.15) is 5.75 Å². The number of nitrogens with zero attached hydrogens (tertiary/aromatic N) is 1. The molecule has 0 fully saturated rings. The molecule has 0 saturated heterocycles.